The predicted octanol–water partition coefficient (Wildman–Crippen LogP) is 0.461. The van der Waals surface area contributed by atoms with Crippen molar-refractivity contribution in [1.29, 1.82) is 0 Å². The van der Waals surface area contributed by atoms with Crippen molar-refractivity contribution < 1.29 is 18.6 Å². The van der Waals surface area contributed by atoms with Gasteiger partial charge in [0, 0.05) is 11.6 Å². The lowest BCUT2D eigenvalue weighted by atomic mass is 10.0. The van der Waals surface area contributed by atoms with E-state index in [0.717, 1.165) is 0 Å². The molecule has 0 fully saturated rings. The average Bonchev–Trinajstić information content (AvgIpc) is 2.95. The highest BCUT2D eigenvalue weighted by Gasteiger charge is 2.35. The Labute approximate surface area is 124 Å². The summed E-state index contributed by atoms with van der Waals surface area (Å²) in [4.78, 5) is 4.40. The lowest BCUT2D eigenvalue weighted by molar-refractivity contribution is 0.105. The summed E-state index contributed by atoms with van der Waals surface area (Å²) in [6.45, 7) is 0.609. The zero-order chi connectivity index (χ0) is 15.0. The van der Waals surface area contributed by atoms with E-state index in [0.29, 0.717) is 4.96 Å². The first-order valence-corrected chi connectivity index (χ1v) is 8.50. The molecule has 2 aromatic rings. The van der Waals surface area contributed by atoms with Crippen molar-refractivity contribution in [2.24, 2.45) is 0 Å². The van der Waals surface area contributed by atoms with Crippen molar-refractivity contribution in [2.45, 2.75) is 23.9 Å². The SMILES string of the molecule is CCC(CO)(CO)NS(=O)(=O)c1c(Cl)nc2sccn12. The van der Waals surface area contributed by atoms with Crippen LogP contribution in [0.5, 0.6) is 0 Å². The third-order valence-electron chi connectivity index (χ3n) is 3.07. The van der Waals surface area contributed by atoms with Gasteiger partial charge in [0.2, 0.25) is 0 Å². The summed E-state index contributed by atoms with van der Waals surface area (Å²) in [5, 5.41) is 20.0. The van der Waals surface area contributed by atoms with Gasteiger partial charge in [-0.2, -0.15) is 4.72 Å². The number of rotatable bonds is 6. The van der Waals surface area contributed by atoms with Gasteiger partial charge in [-0.25, -0.2) is 13.4 Å². The molecule has 20 heavy (non-hydrogen) atoms. The second kappa shape index (κ2) is 5.58. The van der Waals surface area contributed by atoms with E-state index in [9.17, 15) is 18.6 Å². The molecule has 0 aliphatic rings. The van der Waals surface area contributed by atoms with Crippen LogP contribution in [0.3, 0.4) is 0 Å². The summed E-state index contributed by atoms with van der Waals surface area (Å²) in [7, 11) is -4.03. The molecule has 0 aliphatic carbocycles. The summed E-state index contributed by atoms with van der Waals surface area (Å²) < 4.78 is 28.6. The fourth-order valence-corrected chi connectivity index (χ4v) is 4.63. The number of fused-ring (bicyclic) bond motifs is 1. The number of sulfonamides is 1. The molecular weight excluding hydrogens is 326 g/mol. The van der Waals surface area contributed by atoms with Gasteiger partial charge >= 0.3 is 0 Å². The largest absolute Gasteiger partial charge is 0.394 e. The summed E-state index contributed by atoms with van der Waals surface area (Å²) in [6, 6.07) is 0. The molecule has 3 N–H and O–H groups in total. The first-order valence-electron chi connectivity index (χ1n) is 5.76. The van der Waals surface area contributed by atoms with Crippen LogP contribution < -0.4 is 4.72 Å². The van der Waals surface area contributed by atoms with Gasteiger partial charge in [-0.15, -0.1) is 11.3 Å². The zero-order valence-corrected chi connectivity index (χ0v) is 13.0. The minimum absolute atomic E-state index is 0.148. The molecule has 0 unspecified atom stereocenters. The molecule has 0 bridgehead atoms. The van der Waals surface area contributed by atoms with Crippen molar-refractivity contribution in [1.82, 2.24) is 14.1 Å². The topological polar surface area (TPSA) is 104 Å². The van der Waals surface area contributed by atoms with E-state index in [1.54, 1.807) is 18.5 Å². The Bertz CT molecular complexity index is 697. The molecule has 0 saturated heterocycles. The smallest absolute Gasteiger partial charge is 0.260 e. The second-order valence-electron chi connectivity index (χ2n) is 4.32. The molecule has 2 aromatic heterocycles. The van der Waals surface area contributed by atoms with Crippen molar-refractivity contribution in [2.75, 3.05) is 13.2 Å². The van der Waals surface area contributed by atoms with Crippen molar-refractivity contribution in [3.63, 3.8) is 0 Å². The molecule has 112 valence electrons. The highest BCUT2D eigenvalue weighted by molar-refractivity contribution is 7.89. The number of hydrogen-bond acceptors (Lipinski definition) is 6. The minimum atomic E-state index is -4.03. The van der Waals surface area contributed by atoms with Gasteiger partial charge in [-0.05, 0) is 6.42 Å². The summed E-state index contributed by atoms with van der Waals surface area (Å²) in [5.74, 6) is 0. The van der Waals surface area contributed by atoms with Crippen LogP contribution in [0.25, 0.3) is 4.96 Å². The Morgan fingerprint density at radius 2 is 2.15 bits per heavy atom. The Morgan fingerprint density at radius 3 is 2.70 bits per heavy atom. The minimum Gasteiger partial charge on any atom is -0.394 e. The van der Waals surface area contributed by atoms with E-state index in [1.165, 1.54) is 15.7 Å². The van der Waals surface area contributed by atoms with Crippen LogP contribution in [0, 0.1) is 0 Å². The summed E-state index contributed by atoms with van der Waals surface area (Å²) in [5.41, 5.74) is -1.33. The Morgan fingerprint density at radius 1 is 1.50 bits per heavy atom. The lowest BCUT2D eigenvalue weighted by Crippen LogP contribution is -2.53. The molecule has 7 nitrogen and oxygen atoms in total. The van der Waals surface area contributed by atoms with Crippen LogP contribution in [0.4, 0.5) is 0 Å². The highest BCUT2D eigenvalue weighted by Crippen LogP contribution is 2.26. The first-order chi connectivity index (χ1) is 9.39. The van der Waals surface area contributed by atoms with Crippen LogP contribution in [0.15, 0.2) is 16.6 Å². The van der Waals surface area contributed by atoms with Gasteiger partial charge < -0.3 is 10.2 Å². The second-order valence-corrected chi connectivity index (χ2v) is 7.15. The molecule has 0 aromatic carbocycles. The quantitative estimate of drug-likeness (QED) is 0.709. The number of nitrogens with zero attached hydrogens (tertiary/aromatic N) is 2. The first kappa shape index (κ1) is 15.7. The number of aliphatic hydroxyl groups is 2. The third kappa shape index (κ3) is 2.57. The van der Waals surface area contributed by atoms with Crippen molar-refractivity contribution >= 4 is 37.9 Å². The van der Waals surface area contributed by atoms with E-state index in [-0.39, 0.29) is 16.6 Å². The molecule has 10 heteroatoms. The number of aromatic nitrogens is 2. The van der Waals surface area contributed by atoms with Crippen LogP contribution in [0.2, 0.25) is 5.15 Å². The Balaban J connectivity index is 2.50. The van der Waals surface area contributed by atoms with Crippen molar-refractivity contribution in [3.05, 3.63) is 16.7 Å². The van der Waals surface area contributed by atoms with Crippen LogP contribution in [-0.2, 0) is 10.0 Å². The highest BCUT2D eigenvalue weighted by atomic mass is 35.5. The number of hydrogen-bond donors (Lipinski definition) is 3. The maximum Gasteiger partial charge on any atom is 0.260 e. The Hall–Kier alpha value is -0.710. The number of aliphatic hydroxyl groups excluding tert-OH is 2. The molecule has 2 heterocycles. The van der Waals surface area contributed by atoms with Gasteiger partial charge in [0.05, 0.1) is 18.8 Å². The molecule has 0 radical (unpaired) electrons. The Kier molecular flexibility index (Phi) is 4.38. The number of halogens is 1. The maximum absolute atomic E-state index is 12.4. The van der Waals surface area contributed by atoms with Gasteiger partial charge in [-0.1, -0.05) is 18.5 Å². The maximum atomic E-state index is 12.4. The fourth-order valence-electron chi connectivity index (χ4n) is 1.72. The molecule has 0 aliphatic heterocycles. The van der Waals surface area contributed by atoms with Crippen LogP contribution >= 0.6 is 22.9 Å². The van der Waals surface area contributed by atoms with Crippen LogP contribution in [0.1, 0.15) is 13.3 Å². The fraction of sp³-hybridized carbons (Fsp3) is 0.500. The summed E-state index contributed by atoms with van der Waals surface area (Å²) >= 11 is 7.13. The predicted molar refractivity (Wildman–Crippen MR) is 75.6 cm³/mol. The lowest BCUT2D eigenvalue weighted by Gasteiger charge is -2.28. The number of thiazole rings is 1. The number of nitrogens with one attached hydrogen (secondary N) is 1. The van der Waals surface area contributed by atoms with Crippen LogP contribution in [-0.4, -0.2) is 46.8 Å². The zero-order valence-electron chi connectivity index (χ0n) is 10.6. The molecule has 0 atom stereocenters. The normalized spacial score (nSPS) is 13.2. The van der Waals surface area contributed by atoms with E-state index in [2.05, 4.69) is 9.71 Å². The van der Waals surface area contributed by atoms with Gasteiger partial charge in [0.15, 0.2) is 15.1 Å². The molecule has 0 spiro atoms. The van der Waals surface area contributed by atoms with E-state index in [1.807, 2.05) is 0 Å². The third-order valence-corrected chi connectivity index (χ3v) is 5.80. The molecule has 0 saturated carbocycles. The average molecular weight is 340 g/mol. The van der Waals surface area contributed by atoms with E-state index >= 15 is 0 Å². The van der Waals surface area contributed by atoms with Crippen molar-refractivity contribution in [3.8, 4) is 0 Å². The van der Waals surface area contributed by atoms with E-state index < -0.39 is 28.8 Å². The van der Waals surface area contributed by atoms with E-state index in [4.69, 9.17) is 11.6 Å². The van der Waals surface area contributed by atoms with Gasteiger partial charge in [-0.3, -0.25) is 4.40 Å². The number of imidazole rings is 1. The molecule has 2 rings (SSSR count). The summed E-state index contributed by atoms with van der Waals surface area (Å²) in [6.07, 6.45) is 1.77. The molecule has 0 amide bonds. The standard InChI is InChI=1S/C10H14ClN3O4S2/c1-2-10(5-15,6-16)13-20(17,18)8-7(11)12-9-14(8)3-4-19-9/h3-4,13,15-16H,2,5-6H2,1H3. The monoisotopic (exact) mass is 339 g/mol. The molecular formula is C10H14ClN3O4S2. The van der Waals surface area contributed by atoms with Gasteiger partial charge in [0.1, 0.15) is 0 Å². The van der Waals surface area contributed by atoms with Gasteiger partial charge in [0.25, 0.3) is 10.0 Å².